The summed E-state index contributed by atoms with van der Waals surface area (Å²) in [5.74, 6) is -1.30. The molecular formula is C18H24FNO4. The van der Waals surface area contributed by atoms with E-state index in [0.29, 0.717) is 26.1 Å². The van der Waals surface area contributed by atoms with Crippen LogP contribution >= 0.6 is 0 Å². The van der Waals surface area contributed by atoms with Gasteiger partial charge in [0.2, 0.25) is 0 Å². The molecule has 0 bridgehead atoms. The average Bonchev–Trinajstić information content (AvgIpc) is 2.56. The second-order valence-corrected chi connectivity index (χ2v) is 6.15. The highest BCUT2D eigenvalue weighted by Gasteiger charge is 2.30. The van der Waals surface area contributed by atoms with Crippen LogP contribution in [0.15, 0.2) is 18.2 Å². The van der Waals surface area contributed by atoms with E-state index in [1.165, 1.54) is 12.1 Å². The third-order valence-corrected chi connectivity index (χ3v) is 3.87. The summed E-state index contributed by atoms with van der Waals surface area (Å²) in [5, 5.41) is 0. The molecule has 0 aliphatic carbocycles. The number of amides is 1. The van der Waals surface area contributed by atoms with Crippen molar-refractivity contribution in [2.75, 3.05) is 19.7 Å². The molecule has 0 radical (unpaired) electrons. The number of ether oxygens (including phenoxy) is 2. The van der Waals surface area contributed by atoms with Crippen molar-refractivity contribution in [1.29, 1.82) is 0 Å². The zero-order chi connectivity index (χ0) is 17.7. The molecule has 5 nitrogen and oxygen atoms in total. The SMILES string of the molecule is CCOC(=O)C1CCCN(C(=O)c2ccc(OC(C)C)c(F)c2)C1. The number of benzene rings is 1. The summed E-state index contributed by atoms with van der Waals surface area (Å²) < 4.78 is 24.4. The second-order valence-electron chi connectivity index (χ2n) is 6.15. The van der Waals surface area contributed by atoms with Gasteiger partial charge < -0.3 is 14.4 Å². The normalized spacial score (nSPS) is 17.7. The zero-order valence-electron chi connectivity index (χ0n) is 14.4. The van der Waals surface area contributed by atoms with Gasteiger partial charge in [-0.2, -0.15) is 0 Å². The molecule has 132 valence electrons. The number of halogens is 1. The van der Waals surface area contributed by atoms with E-state index in [-0.39, 0.29) is 35.2 Å². The first-order valence-electron chi connectivity index (χ1n) is 8.34. The molecule has 1 amide bonds. The lowest BCUT2D eigenvalue weighted by molar-refractivity contribution is -0.149. The lowest BCUT2D eigenvalue weighted by Gasteiger charge is -2.31. The first-order valence-corrected chi connectivity index (χ1v) is 8.34. The Hall–Kier alpha value is -2.11. The average molecular weight is 337 g/mol. The molecule has 1 aliphatic rings. The van der Waals surface area contributed by atoms with E-state index in [0.717, 1.165) is 6.42 Å². The van der Waals surface area contributed by atoms with Crippen LogP contribution in [0.1, 0.15) is 44.0 Å². The van der Waals surface area contributed by atoms with E-state index < -0.39 is 5.82 Å². The smallest absolute Gasteiger partial charge is 0.310 e. The predicted octanol–water partition coefficient (Wildman–Crippen LogP) is 3.03. The number of carbonyl (C=O) groups excluding carboxylic acids is 2. The minimum Gasteiger partial charge on any atom is -0.488 e. The molecule has 0 saturated carbocycles. The zero-order valence-corrected chi connectivity index (χ0v) is 14.4. The van der Waals surface area contributed by atoms with Gasteiger partial charge in [-0.1, -0.05) is 0 Å². The Kier molecular flexibility index (Phi) is 6.17. The van der Waals surface area contributed by atoms with Crippen molar-refractivity contribution in [1.82, 2.24) is 4.90 Å². The van der Waals surface area contributed by atoms with Crippen molar-refractivity contribution < 1.29 is 23.5 Å². The number of hydrogen-bond donors (Lipinski definition) is 0. The molecule has 1 aromatic carbocycles. The number of carbonyl (C=O) groups is 2. The summed E-state index contributed by atoms with van der Waals surface area (Å²) in [6.07, 6.45) is 1.29. The van der Waals surface area contributed by atoms with Crippen LogP contribution in [0.3, 0.4) is 0 Å². The molecule has 6 heteroatoms. The highest BCUT2D eigenvalue weighted by molar-refractivity contribution is 5.94. The molecule has 0 aromatic heterocycles. The van der Waals surface area contributed by atoms with Crippen molar-refractivity contribution in [3.8, 4) is 5.75 Å². The standard InChI is InChI=1S/C18H24FNO4/c1-4-23-18(22)14-6-5-9-20(11-14)17(21)13-7-8-16(15(19)10-13)24-12(2)3/h7-8,10,12,14H,4-6,9,11H2,1-3H3. The van der Waals surface area contributed by atoms with Crippen molar-refractivity contribution in [3.63, 3.8) is 0 Å². The number of rotatable bonds is 5. The largest absolute Gasteiger partial charge is 0.488 e. The first-order chi connectivity index (χ1) is 11.4. The van der Waals surface area contributed by atoms with Crippen molar-refractivity contribution >= 4 is 11.9 Å². The Morgan fingerprint density at radius 2 is 2.12 bits per heavy atom. The molecule has 1 heterocycles. The molecule has 0 spiro atoms. The lowest BCUT2D eigenvalue weighted by Crippen LogP contribution is -2.42. The number of likely N-dealkylation sites (tertiary alicyclic amines) is 1. The Bertz CT molecular complexity index is 603. The van der Waals surface area contributed by atoms with Crippen molar-refractivity contribution in [3.05, 3.63) is 29.6 Å². The molecule has 1 aromatic rings. The molecule has 1 unspecified atom stereocenters. The fourth-order valence-corrected chi connectivity index (χ4v) is 2.78. The summed E-state index contributed by atoms with van der Waals surface area (Å²) >= 11 is 0. The van der Waals surface area contributed by atoms with E-state index in [9.17, 15) is 14.0 Å². The maximum Gasteiger partial charge on any atom is 0.310 e. The van der Waals surface area contributed by atoms with Crippen LogP contribution in [-0.2, 0) is 9.53 Å². The van der Waals surface area contributed by atoms with Crippen LogP contribution in [-0.4, -0.2) is 42.6 Å². The highest BCUT2D eigenvalue weighted by atomic mass is 19.1. The van der Waals surface area contributed by atoms with E-state index in [1.54, 1.807) is 17.9 Å². The Morgan fingerprint density at radius 1 is 1.38 bits per heavy atom. The van der Waals surface area contributed by atoms with Gasteiger partial charge in [-0.05, 0) is 51.8 Å². The maximum atomic E-state index is 14.1. The van der Waals surface area contributed by atoms with Gasteiger partial charge in [0, 0.05) is 18.7 Å². The maximum absolute atomic E-state index is 14.1. The third kappa shape index (κ3) is 4.46. The number of esters is 1. The van der Waals surface area contributed by atoms with Gasteiger partial charge >= 0.3 is 5.97 Å². The lowest BCUT2D eigenvalue weighted by atomic mass is 9.97. The van der Waals surface area contributed by atoms with E-state index >= 15 is 0 Å². The molecule has 24 heavy (non-hydrogen) atoms. The number of piperidine rings is 1. The predicted molar refractivity (Wildman–Crippen MR) is 87.4 cm³/mol. The van der Waals surface area contributed by atoms with Gasteiger partial charge in [0.05, 0.1) is 18.6 Å². The van der Waals surface area contributed by atoms with Crippen molar-refractivity contribution in [2.45, 2.75) is 39.7 Å². The monoisotopic (exact) mass is 337 g/mol. The Balaban J connectivity index is 2.08. The Morgan fingerprint density at radius 3 is 2.75 bits per heavy atom. The molecule has 1 saturated heterocycles. The van der Waals surface area contributed by atoms with Crippen LogP contribution in [0.25, 0.3) is 0 Å². The van der Waals surface area contributed by atoms with Gasteiger partial charge in [-0.3, -0.25) is 9.59 Å². The third-order valence-electron chi connectivity index (χ3n) is 3.87. The van der Waals surface area contributed by atoms with Gasteiger partial charge in [-0.25, -0.2) is 4.39 Å². The number of hydrogen-bond acceptors (Lipinski definition) is 4. The van der Waals surface area contributed by atoms with Crippen molar-refractivity contribution in [2.24, 2.45) is 5.92 Å². The quantitative estimate of drug-likeness (QED) is 0.775. The molecule has 1 aliphatic heterocycles. The fourth-order valence-electron chi connectivity index (χ4n) is 2.78. The van der Waals surface area contributed by atoms with E-state index in [4.69, 9.17) is 9.47 Å². The second kappa shape index (κ2) is 8.13. The van der Waals surface area contributed by atoms with Crippen LogP contribution < -0.4 is 4.74 Å². The van der Waals surface area contributed by atoms with Crippen LogP contribution in [0.2, 0.25) is 0 Å². The molecule has 1 fully saturated rings. The summed E-state index contributed by atoms with van der Waals surface area (Å²) in [6.45, 7) is 6.56. The van der Waals surface area contributed by atoms with E-state index in [2.05, 4.69) is 0 Å². The summed E-state index contributed by atoms with van der Waals surface area (Å²) in [4.78, 5) is 26.0. The minimum atomic E-state index is -0.562. The first kappa shape index (κ1) is 18.2. The van der Waals surface area contributed by atoms with Gasteiger partial charge in [-0.15, -0.1) is 0 Å². The van der Waals surface area contributed by atoms with Gasteiger partial charge in [0.15, 0.2) is 11.6 Å². The summed E-state index contributed by atoms with van der Waals surface area (Å²) in [7, 11) is 0. The Labute approximate surface area is 141 Å². The van der Waals surface area contributed by atoms with Gasteiger partial charge in [0.25, 0.3) is 5.91 Å². The fraction of sp³-hybridized carbons (Fsp3) is 0.556. The highest BCUT2D eigenvalue weighted by Crippen LogP contribution is 2.23. The van der Waals surface area contributed by atoms with E-state index in [1.807, 2.05) is 13.8 Å². The summed E-state index contributed by atoms with van der Waals surface area (Å²) in [5.41, 5.74) is 0.258. The summed E-state index contributed by atoms with van der Waals surface area (Å²) in [6, 6.07) is 4.21. The molecule has 2 rings (SSSR count). The van der Waals surface area contributed by atoms with Crippen LogP contribution in [0, 0.1) is 11.7 Å². The molecule has 1 atom stereocenters. The topological polar surface area (TPSA) is 55.8 Å². The molecule has 0 N–H and O–H groups in total. The molecular weight excluding hydrogens is 313 g/mol. The minimum absolute atomic E-state index is 0.129. The number of nitrogens with zero attached hydrogens (tertiary/aromatic N) is 1. The van der Waals surface area contributed by atoms with Crippen LogP contribution in [0.4, 0.5) is 4.39 Å². The van der Waals surface area contributed by atoms with Crippen LogP contribution in [0.5, 0.6) is 5.75 Å². The van der Waals surface area contributed by atoms with Gasteiger partial charge in [0.1, 0.15) is 0 Å².